The number of hydrogen-bond acceptors (Lipinski definition) is 5. The Bertz CT molecular complexity index is 634. The minimum absolute atomic E-state index is 0.00563. The summed E-state index contributed by atoms with van der Waals surface area (Å²) in [6.45, 7) is 2.04. The molecular formula is C14H17N3O2S. The largest absolute Gasteiger partial charge is 0.480 e. The van der Waals surface area contributed by atoms with Gasteiger partial charge in [-0.25, -0.2) is 9.97 Å². The minimum atomic E-state index is -0.810. The van der Waals surface area contributed by atoms with Gasteiger partial charge >= 0.3 is 5.97 Å². The standard InChI is InChI=1S/C14H17N3O2S/c1-9-6-11-13(15-8-16-14(11)20-9)17(7-12(18)19)10-4-2-3-5-10/h6,8,10H,2-5,7H2,1H3,(H,18,19). The molecule has 3 rings (SSSR count). The predicted octanol–water partition coefficient (Wildman–Crippen LogP) is 2.83. The smallest absolute Gasteiger partial charge is 0.323 e. The maximum atomic E-state index is 11.2. The number of anilines is 1. The molecule has 0 unspecified atom stereocenters. The Balaban J connectivity index is 2.05. The lowest BCUT2D eigenvalue weighted by Gasteiger charge is -2.28. The van der Waals surface area contributed by atoms with Gasteiger partial charge in [-0.15, -0.1) is 11.3 Å². The van der Waals surface area contributed by atoms with Crippen LogP contribution in [0.5, 0.6) is 0 Å². The van der Waals surface area contributed by atoms with Gasteiger partial charge in [-0.2, -0.15) is 0 Å². The third kappa shape index (κ3) is 2.47. The number of rotatable bonds is 4. The quantitative estimate of drug-likeness (QED) is 0.938. The van der Waals surface area contributed by atoms with Gasteiger partial charge in [0.1, 0.15) is 23.5 Å². The van der Waals surface area contributed by atoms with E-state index in [9.17, 15) is 9.90 Å². The van der Waals surface area contributed by atoms with Crippen LogP contribution in [0.4, 0.5) is 5.82 Å². The summed E-state index contributed by atoms with van der Waals surface area (Å²) in [5, 5.41) is 10.2. The van der Waals surface area contributed by atoms with Gasteiger partial charge in [0.25, 0.3) is 0 Å². The van der Waals surface area contributed by atoms with Crippen molar-refractivity contribution in [1.29, 1.82) is 0 Å². The van der Waals surface area contributed by atoms with Crippen molar-refractivity contribution < 1.29 is 9.90 Å². The molecule has 6 heteroatoms. The fourth-order valence-electron chi connectivity index (χ4n) is 2.93. The molecule has 5 nitrogen and oxygen atoms in total. The summed E-state index contributed by atoms with van der Waals surface area (Å²) >= 11 is 1.62. The number of fused-ring (bicyclic) bond motifs is 1. The Morgan fingerprint density at radius 1 is 1.45 bits per heavy atom. The van der Waals surface area contributed by atoms with E-state index in [1.54, 1.807) is 11.3 Å². The predicted molar refractivity (Wildman–Crippen MR) is 79.4 cm³/mol. The van der Waals surface area contributed by atoms with E-state index in [-0.39, 0.29) is 12.6 Å². The number of aryl methyl sites for hydroxylation is 1. The van der Waals surface area contributed by atoms with Crippen LogP contribution in [-0.2, 0) is 4.79 Å². The van der Waals surface area contributed by atoms with Gasteiger partial charge in [-0.05, 0) is 25.8 Å². The molecular weight excluding hydrogens is 274 g/mol. The van der Waals surface area contributed by atoms with Gasteiger partial charge in [-0.1, -0.05) is 12.8 Å². The van der Waals surface area contributed by atoms with Crippen molar-refractivity contribution in [2.24, 2.45) is 0 Å². The van der Waals surface area contributed by atoms with E-state index < -0.39 is 5.97 Å². The van der Waals surface area contributed by atoms with Crippen LogP contribution >= 0.6 is 11.3 Å². The van der Waals surface area contributed by atoms with Crippen LogP contribution in [-0.4, -0.2) is 33.6 Å². The average Bonchev–Trinajstić information content (AvgIpc) is 3.02. The topological polar surface area (TPSA) is 66.3 Å². The zero-order valence-corrected chi connectivity index (χ0v) is 12.2. The lowest BCUT2D eigenvalue weighted by Crippen LogP contribution is -2.38. The second-order valence-corrected chi connectivity index (χ2v) is 6.47. The highest BCUT2D eigenvalue weighted by atomic mass is 32.1. The van der Waals surface area contributed by atoms with Gasteiger partial charge in [0, 0.05) is 10.9 Å². The third-order valence-electron chi connectivity index (χ3n) is 3.77. The summed E-state index contributed by atoms with van der Waals surface area (Å²) in [4.78, 5) is 23.9. The molecule has 0 bridgehead atoms. The molecule has 0 radical (unpaired) electrons. The molecule has 2 aromatic heterocycles. The molecule has 0 saturated heterocycles. The van der Waals surface area contributed by atoms with Crippen molar-refractivity contribution in [1.82, 2.24) is 9.97 Å². The normalized spacial score (nSPS) is 15.8. The van der Waals surface area contributed by atoms with Crippen molar-refractivity contribution in [3.8, 4) is 0 Å². The minimum Gasteiger partial charge on any atom is -0.480 e. The van der Waals surface area contributed by atoms with Gasteiger partial charge in [0.05, 0.1) is 5.39 Å². The summed E-state index contributed by atoms with van der Waals surface area (Å²) in [6, 6.07) is 2.34. The van der Waals surface area contributed by atoms with Crippen molar-refractivity contribution in [3.63, 3.8) is 0 Å². The molecule has 2 heterocycles. The van der Waals surface area contributed by atoms with Gasteiger partial charge < -0.3 is 10.0 Å². The summed E-state index contributed by atoms with van der Waals surface area (Å²) in [6.07, 6.45) is 5.95. The number of carbonyl (C=O) groups is 1. The molecule has 1 aliphatic rings. The number of carboxylic acid groups (broad SMARTS) is 1. The van der Waals surface area contributed by atoms with Crippen molar-refractivity contribution in [2.75, 3.05) is 11.4 Å². The second-order valence-electron chi connectivity index (χ2n) is 5.23. The summed E-state index contributed by atoms with van der Waals surface area (Å²) in [7, 11) is 0. The Kier molecular flexibility index (Phi) is 3.56. The molecule has 1 fully saturated rings. The van der Waals surface area contributed by atoms with Gasteiger partial charge in [-0.3, -0.25) is 4.79 Å². The summed E-state index contributed by atoms with van der Waals surface area (Å²) < 4.78 is 0. The first-order valence-corrected chi connectivity index (χ1v) is 7.66. The molecule has 1 N–H and O–H groups in total. The van der Waals surface area contributed by atoms with Crippen LogP contribution in [0.3, 0.4) is 0 Å². The lowest BCUT2D eigenvalue weighted by atomic mass is 10.2. The molecule has 0 amide bonds. The molecule has 1 saturated carbocycles. The van der Waals surface area contributed by atoms with E-state index in [1.807, 2.05) is 11.8 Å². The van der Waals surface area contributed by atoms with E-state index in [0.29, 0.717) is 0 Å². The molecule has 20 heavy (non-hydrogen) atoms. The SMILES string of the molecule is Cc1cc2c(N(CC(=O)O)C3CCCC3)ncnc2s1. The lowest BCUT2D eigenvalue weighted by molar-refractivity contribution is -0.135. The molecule has 106 valence electrons. The second kappa shape index (κ2) is 5.36. The maximum absolute atomic E-state index is 11.2. The van der Waals surface area contributed by atoms with E-state index in [2.05, 4.69) is 16.0 Å². The fraction of sp³-hybridized carbons (Fsp3) is 0.500. The van der Waals surface area contributed by atoms with E-state index in [4.69, 9.17) is 0 Å². The Morgan fingerprint density at radius 2 is 2.20 bits per heavy atom. The monoisotopic (exact) mass is 291 g/mol. The van der Waals surface area contributed by atoms with Crippen LogP contribution < -0.4 is 4.90 Å². The van der Waals surface area contributed by atoms with Crippen LogP contribution in [0.1, 0.15) is 30.6 Å². The van der Waals surface area contributed by atoms with Crippen LogP contribution in [0.25, 0.3) is 10.2 Å². The Labute approximate surface area is 121 Å². The molecule has 0 aliphatic heterocycles. The molecule has 0 spiro atoms. The van der Waals surface area contributed by atoms with Crippen molar-refractivity contribution in [3.05, 3.63) is 17.3 Å². The molecule has 1 aliphatic carbocycles. The molecule has 0 aromatic carbocycles. The number of aromatic nitrogens is 2. The fourth-order valence-corrected chi connectivity index (χ4v) is 3.77. The first-order valence-electron chi connectivity index (χ1n) is 6.85. The zero-order chi connectivity index (χ0) is 14.1. The van der Waals surface area contributed by atoms with E-state index in [0.717, 1.165) is 41.7 Å². The average molecular weight is 291 g/mol. The third-order valence-corrected chi connectivity index (χ3v) is 4.73. The van der Waals surface area contributed by atoms with Crippen LogP contribution in [0.2, 0.25) is 0 Å². The highest BCUT2D eigenvalue weighted by Crippen LogP contribution is 2.33. The first-order chi connectivity index (χ1) is 9.65. The molecule has 0 atom stereocenters. The number of hydrogen-bond donors (Lipinski definition) is 1. The van der Waals surface area contributed by atoms with Crippen molar-refractivity contribution >= 4 is 33.3 Å². The van der Waals surface area contributed by atoms with Gasteiger partial charge in [0.2, 0.25) is 0 Å². The van der Waals surface area contributed by atoms with E-state index in [1.165, 1.54) is 11.2 Å². The number of nitrogens with zero attached hydrogens (tertiary/aromatic N) is 3. The summed E-state index contributed by atoms with van der Waals surface area (Å²) in [5.74, 6) is -0.0377. The van der Waals surface area contributed by atoms with Crippen molar-refractivity contribution in [2.45, 2.75) is 38.6 Å². The number of carboxylic acids is 1. The summed E-state index contributed by atoms with van der Waals surface area (Å²) in [5.41, 5.74) is 0. The Hall–Kier alpha value is -1.69. The highest BCUT2D eigenvalue weighted by molar-refractivity contribution is 7.18. The van der Waals surface area contributed by atoms with Gasteiger partial charge in [0.15, 0.2) is 0 Å². The van der Waals surface area contributed by atoms with E-state index >= 15 is 0 Å². The first kappa shape index (κ1) is 13.3. The highest BCUT2D eigenvalue weighted by Gasteiger charge is 2.27. The van der Waals surface area contributed by atoms with Crippen LogP contribution in [0, 0.1) is 6.92 Å². The van der Waals surface area contributed by atoms with Crippen LogP contribution in [0.15, 0.2) is 12.4 Å². The number of thiophene rings is 1. The zero-order valence-electron chi connectivity index (χ0n) is 11.4. The maximum Gasteiger partial charge on any atom is 0.323 e. The number of aliphatic carboxylic acids is 1. The molecule has 2 aromatic rings. The Morgan fingerprint density at radius 3 is 2.90 bits per heavy atom.